The largest absolute Gasteiger partial charge is 0.492 e. The first-order chi connectivity index (χ1) is 8.81. The zero-order valence-corrected chi connectivity index (χ0v) is 10.4. The van der Waals surface area contributed by atoms with E-state index in [9.17, 15) is 4.79 Å². The number of hydrogen-bond donors (Lipinski definition) is 1. The maximum atomic E-state index is 12.6. The first-order valence-electron chi connectivity index (χ1n) is 6.35. The SMILES string of the molecule is CNC1COCC1C(=O)c1cccc2c1OCC2. The summed E-state index contributed by atoms with van der Waals surface area (Å²) in [4.78, 5) is 12.6. The van der Waals surface area contributed by atoms with Gasteiger partial charge in [0, 0.05) is 12.5 Å². The lowest BCUT2D eigenvalue weighted by molar-refractivity contribution is 0.0889. The fourth-order valence-electron chi connectivity index (χ4n) is 2.71. The third-order valence-corrected chi connectivity index (χ3v) is 3.77. The van der Waals surface area contributed by atoms with Gasteiger partial charge < -0.3 is 14.8 Å². The average molecular weight is 247 g/mol. The van der Waals surface area contributed by atoms with Crippen molar-refractivity contribution in [3.05, 3.63) is 29.3 Å². The van der Waals surface area contributed by atoms with Crippen LogP contribution in [0.25, 0.3) is 0 Å². The predicted octanol–water partition coefficient (Wildman–Crippen LogP) is 1.04. The molecular weight excluding hydrogens is 230 g/mol. The summed E-state index contributed by atoms with van der Waals surface area (Å²) < 4.78 is 11.0. The van der Waals surface area contributed by atoms with Crippen molar-refractivity contribution in [2.24, 2.45) is 5.92 Å². The molecule has 0 amide bonds. The molecule has 18 heavy (non-hydrogen) atoms. The Labute approximate surface area is 106 Å². The van der Waals surface area contributed by atoms with E-state index in [0.717, 1.165) is 17.7 Å². The van der Waals surface area contributed by atoms with Crippen LogP contribution >= 0.6 is 0 Å². The molecule has 2 heterocycles. The molecule has 4 nitrogen and oxygen atoms in total. The van der Waals surface area contributed by atoms with E-state index >= 15 is 0 Å². The van der Waals surface area contributed by atoms with Crippen LogP contribution in [0.15, 0.2) is 18.2 Å². The van der Waals surface area contributed by atoms with Crippen LogP contribution in [0.5, 0.6) is 5.75 Å². The molecule has 1 aromatic rings. The number of nitrogens with one attached hydrogen (secondary N) is 1. The van der Waals surface area contributed by atoms with Crippen molar-refractivity contribution >= 4 is 5.78 Å². The lowest BCUT2D eigenvalue weighted by Gasteiger charge is -2.16. The Morgan fingerprint density at radius 2 is 2.28 bits per heavy atom. The molecule has 3 rings (SSSR count). The van der Waals surface area contributed by atoms with Crippen LogP contribution in [-0.4, -0.2) is 38.7 Å². The molecule has 2 aliphatic rings. The number of carbonyl (C=O) groups excluding carboxylic acids is 1. The highest BCUT2D eigenvalue weighted by molar-refractivity contribution is 6.01. The monoisotopic (exact) mass is 247 g/mol. The second-order valence-corrected chi connectivity index (χ2v) is 4.80. The van der Waals surface area contributed by atoms with Gasteiger partial charge in [0.2, 0.25) is 0 Å². The highest BCUT2D eigenvalue weighted by Crippen LogP contribution is 2.32. The number of Topliss-reactive ketones (excluding diaryl/α,β-unsaturated/α-hetero) is 1. The number of rotatable bonds is 3. The molecule has 4 heteroatoms. The van der Waals surface area contributed by atoms with Gasteiger partial charge in [-0.15, -0.1) is 0 Å². The number of benzene rings is 1. The molecule has 1 fully saturated rings. The van der Waals surface area contributed by atoms with Crippen LogP contribution in [0.4, 0.5) is 0 Å². The van der Waals surface area contributed by atoms with Gasteiger partial charge in [-0.05, 0) is 18.7 Å². The van der Waals surface area contributed by atoms with Crippen LogP contribution in [0.1, 0.15) is 15.9 Å². The van der Waals surface area contributed by atoms with Crippen molar-refractivity contribution < 1.29 is 14.3 Å². The highest BCUT2D eigenvalue weighted by atomic mass is 16.5. The first-order valence-corrected chi connectivity index (χ1v) is 6.35. The summed E-state index contributed by atoms with van der Waals surface area (Å²) in [5.41, 5.74) is 1.85. The Balaban J connectivity index is 1.91. The van der Waals surface area contributed by atoms with Crippen LogP contribution in [0.2, 0.25) is 0 Å². The minimum Gasteiger partial charge on any atom is -0.492 e. The summed E-state index contributed by atoms with van der Waals surface area (Å²) in [7, 11) is 1.87. The molecule has 2 aliphatic heterocycles. The number of hydrogen-bond acceptors (Lipinski definition) is 4. The van der Waals surface area contributed by atoms with Gasteiger partial charge in [0.15, 0.2) is 5.78 Å². The average Bonchev–Trinajstić information content (AvgIpc) is 3.05. The van der Waals surface area contributed by atoms with Crippen LogP contribution in [0, 0.1) is 5.92 Å². The highest BCUT2D eigenvalue weighted by Gasteiger charge is 2.35. The Hall–Kier alpha value is -1.39. The van der Waals surface area contributed by atoms with E-state index in [0.29, 0.717) is 25.4 Å². The standard InChI is InChI=1S/C14H17NO3/c1-15-12-8-17-7-11(12)13(16)10-4-2-3-9-5-6-18-14(9)10/h2-4,11-12,15H,5-8H2,1H3. The molecule has 2 unspecified atom stereocenters. The van der Waals surface area contributed by atoms with E-state index in [-0.39, 0.29) is 17.7 Å². The van der Waals surface area contributed by atoms with Gasteiger partial charge in [-0.2, -0.15) is 0 Å². The quantitative estimate of drug-likeness (QED) is 0.811. The third kappa shape index (κ3) is 1.82. The van der Waals surface area contributed by atoms with Crippen molar-refractivity contribution in [3.8, 4) is 5.75 Å². The molecule has 96 valence electrons. The Morgan fingerprint density at radius 3 is 3.11 bits per heavy atom. The van der Waals surface area contributed by atoms with E-state index in [2.05, 4.69) is 5.32 Å². The van der Waals surface area contributed by atoms with Gasteiger partial charge in [0.1, 0.15) is 5.75 Å². The van der Waals surface area contributed by atoms with Crippen molar-refractivity contribution in [1.82, 2.24) is 5.32 Å². The van der Waals surface area contributed by atoms with Crippen LogP contribution < -0.4 is 10.1 Å². The second kappa shape index (κ2) is 4.71. The maximum Gasteiger partial charge on any atom is 0.173 e. The summed E-state index contributed by atoms with van der Waals surface area (Å²) in [6, 6.07) is 5.93. The normalized spacial score (nSPS) is 25.8. The van der Waals surface area contributed by atoms with E-state index in [1.54, 1.807) is 0 Å². The molecule has 0 aromatic heterocycles. The van der Waals surface area contributed by atoms with E-state index < -0.39 is 0 Å². The van der Waals surface area contributed by atoms with Crippen LogP contribution in [0.3, 0.4) is 0 Å². The Kier molecular flexibility index (Phi) is 3.06. The molecule has 1 N–H and O–H groups in total. The van der Waals surface area contributed by atoms with E-state index in [4.69, 9.17) is 9.47 Å². The zero-order valence-electron chi connectivity index (χ0n) is 10.4. The van der Waals surface area contributed by atoms with Crippen molar-refractivity contribution in [2.45, 2.75) is 12.5 Å². The smallest absolute Gasteiger partial charge is 0.173 e. The molecule has 0 bridgehead atoms. The maximum absolute atomic E-state index is 12.6. The summed E-state index contributed by atoms with van der Waals surface area (Å²) in [6.45, 7) is 1.77. The molecule has 2 atom stereocenters. The minimum absolute atomic E-state index is 0.106. The van der Waals surface area contributed by atoms with Gasteiger partial charge in [0.05, 0.1) is 31.3 Å². The zero-order chi connectivity index (χ0) is 12.5. The van der Waals surface area contributed by atoms with Gasteiger partial charge in [0.25, 0.3) is 0 Å². The molecule has 0 saturated carbocycles. The number of ether oxygens (including phenoxy) is 2. The fourth-order valence-corrected chi connectivity index (χ4v) is 2.71. The van der Waals surface area contributed by atoms with Crippen molar-refractivity contribution in [3.63, 3.8) is 0 Å². The summed E-state index contributed by atoms with van der Waals surface area (Å²) in [6.07, 6.45) is 0.896. The number of carbonyl (C=O) groups is 1. The Bertz CT molecular complexity index is 472. The third-order valence-electron chi connectivity index (χ3n) is 3.77. The molecule has 1 aromatic carbocycles. The topological polar surface area (TPSA) is 47.6 Å². The number of fused-ring (bicyclic) bond motifs is 1. The molecule has 0 aliphatic carbocycles. The minimum atomic E-state index is -0.106. The van der Waals surface area contributed by atoms with Crippen molar-refractivity contribution in [2.75, 3.05) is 26.9 Å². The Morgan fingerprint density at radius 1 is 1.39 bits per heavy atom. The lowest BCUT2D eigenvalue weighted by atomic mass is 9.92. The molecule has 1 saturated heterocycles. The number of para-hydroxylation sites is 1. The second-order valence-electron chi connectivity index (χ2n) is 4.80. The van der Waals surface area contributed by atoms with E-state index in [1.807, 2.05) is 25.2 Å². The number of ketones is 1. The summed E-state index contributed by atoms with van der Waals surface area (Å²) >= 11 is 0. The van der Waals surface area contributed by atoms with E-state index in [1.165, 1.54) is 0 Å². The van der Waals surface area contributed by atoms with Gasteiger partial charge in [-0.3, -0.25) is 4.79 Å². The molecular formula is C14H17NO3. The van der Waals surface area contributed by atoms with Gasteiger partial charge in [-0.25, -0.2) is 0 Å². The van der Waals surface area contributed by atoms with Gasteiger partial charge in [-0.1, -0.05) is 12.1 Å². The number of likely N-dealkylation sites (N-methyl/N-ethyl adjacent to an activating group) is 1. The summed E-state index contributed by atoms with van der Waals surface area (Å²) in [5, 5.41) is 3.15. The molecule has 0 radical (unpaired) electrons. The summed E-state index contributed by atoms with van der Waals surface area (Å²) in [5.74, 6) is 0.806. The predicted molar refractivity (Wildman–Crippen MR) is 67.1 cm³/mol. The van der Waals surface area contributed by atoms with Crippen LogP contribution in [-0.2, 0) is 11.2 Å². The lowest BCUT2D eigenvalue weighted by Crippen LogP contribution is -2.37. The van der Waals surface area contributed by atoms with Crippen molar-refractivity contribution in [1.29, 1.82) is 0 Å². The first kappa shape index (κ1) is 11.7. The molecule has 0 spiro atoms. The van der Waals surface area contributed by atoms with Gasteiger partial charge >= 0.3 is 0 Å². The fraction of sp³-hybridized carbons (Fsp3) is 0.500.